The molecule has 2 rings (SSSR count). The van der Waals surface area contributed by atoms with Gasteiger partial charge in [-0.1, -0.05) is 26.2 Å². The van der Waals surface area contributed by atoms with Crippen molar-refractivity contribution in [3.8, 4) is 0 Å². The van der Waals surface area contributed by atoms with Gasteiger partial charge in [-0.05, 0) is 18.8 Å². The highest BCUT2D eigenvalue weighted by Gasteiger charge is 2.23. The molecule has 1 aromatic rings. The van der Waals surface area contributed by atoms with Gasteiger partial charge in [0.15, 0.2) is 0 Å². The van der Waals surface area contributed by atoms with E-state index in [0.29, 0.717) is 17.8 Å². The molecule has 0 saturated heterocycles. The molecule has 6 heteroatoms. The Bertz CT molecular complexity index is 394. The zero-order valence-corrected chi connectivity index (χ0v) is 10.8. The van der Waals surface area contributed by atoms with Crippen LogP contribution in [0.4, 0.5) is 17.6 Å². The van der Waals surface area contributed by atoms with Crippen LogP contribution in [-0.4, -0.2) is 16.0 Å². The van der Waals surface area contributed by atoms with Gasteiger partial charge in [-0.2, -0.15) is 9.97 Å². The van der Waals surface area contributed by atoms with E-state index in [9.17, 15) is 0 Å². The molecule has 2 unspecified atom stereocenters. The Morgan fingerprint density at radius 2 is 2.00 bits per heavy atom. The summed E-state index contributed by atoms with van der Waals surface area (Å²) in [6, 6.07) is 2.26. The summed E-state index contributed by atoms with van der Waals surface area (Å²) in [4.78, 5) is 8.18. The molecule has 1 heterocycles. The van der Waals surface area contributed by atoms with Gasteiger partial charge in [0, 0.05) is 12.1 Å². The Kier molecular flexibility index (Phi) is 4.19. The second-order valence-electron chi connectivity index (χ2n) is 4.84. The standard InChI is InChI=1S/C12H22N6/c1-2-8-5-3-4-6-9(8)15-10-7-11(18-14)17-12(13)16-10/h7-9H,2-6,14H2,1H3,(H4,13,15,16,17,18). The molecule has 1 aromatic heterocycles. The number of rotatable bonds is 4. The lowest BCUT2D eigenvalue weighted by Crippen LogP contribution is -2.32. The van der Waals surface area contributed by atoms with E-state index in [1.54, 1.807) is 6.07 Å². The first-order chi connectivity index (χ1) is 8.72. The summed E-state index contributed by atoms with van der Waals surface area (Å²) in [5.74, 6) is 7.58. The van der Waals surface area contributed by atoms with Crippen LogP contribution in [0, 0.1) is 5.92 Å². The van der Waals surface area contributed by atoms with Crippen LogP contribution >= 0.6 is 0 Å². The maximum atomic E-state index is 5.65. The lowest BCUT2D eigenvalue weighted by Gasteiger charge is -2.31. The zero-order valence-electron chi connectivity index (χ0n) is 10.8. The molecule has 100 valence electrons. The van der Waals surface area contributed by atoms with Crippen LogP contribution in [0.1, 0.15) is 39.0 Å². The van der Waals surface area contributed by atoms with Gasteiger partial charge in [-0.3, -0.25) is 0 Å². The average molecular weight is 250 g/mol. The van der Waals surface area contributed by atoms with Crippen molar-refractivity contribution < 1.29 is 0 Å². The van der Waals surface area contributed by atoms with Crippen molar-refractivity contribution in [3.63, 3.8) is 0 Å². The van der Waals surface area contributed by atoms with E-state index in [4.69, 9.17) is 11.6 Å². The Hall–Kier alpha value is -1.56. The van der Waals surface area contributed by atoms with E-state index in [0.717, 1.165) is 5.82 Å². The lowest BCUT2D eigenvalue weighted by atomic mass is 9.83. The summed E-state index contributed by atoms with van der Waals surface area (Å²) < 4.78 is 0. The third-order valence-electron chi connectivity index (χ3n) is 3.66. The highest BCUT2D eigenvalue weighted by atomic mass is 15.3. The van der Waals surface area contributed by atoms with Crippen molar-refractivity contribution in [2.75, 3.05) is 16.5 Å². The summed E-state index contributed by atoms with van der Waals surface area (Å²) >= 11 is 0. The molecule has 0 aromatic carbocycles. The number of nitrogens with zero attached hydrogens (tertiary/aromatic N) is 2. The maximum absolute atomic E-state index is 5.65. The normalized spacial score (nSPS) is 23.7. The Labute approximate surface area is 108 Å². The fourth-order valence-corrected chi connectivity index (χ4v) is 2.69. The second kappa shape index (κ2) is 5.86. The van der Waals surface area contributed by atoms with Gasteiger partial charge in [0.2, 0.25) is 5.95 Å². The van der Waals surface area contributed by atoms with Crippen LogP contribution in [0.3, 0.4) is 0 Å². The first-order valence-electron chi connectivity index (χ1n) is 6.60. The molecule has 18 heavy (non-hydrogen) atoms. The summed E-state index contributed by atoms with van der Waals surface area (Å²) in [6.07, 6.45) is 6.28. The lowest BCUT2D eigenvalue weighted by molar-refractivity contribution is 0.317. The number of hydrogen-bond acceptors (Lipinski definition) is 6. The minimum absolute atomic E-state index is 0.233. The molecular weight excluding hydrogens is 228 g/mol. The molecular formula is C12H22N6. The predicted octanol–water partition coefficient (Wildman–Crippen LogP) is 1.73. The van der Waals surface area contributed by atoms with E-state index in [2.05, 4.69) is 27.6 Å². The van der Waals surface area contributed by atoms with Crippen LogP contribution in [0.5, 0.6) is 0 Å². The van der Waals surface area contributed by atoms with Crippen LogP contribution in [0.2, 0.25) is 0 Å². The molecule has 1 aliphatic carbocycles. The molecule has 0 radical (unpaired) electrons. The second-order valence-corrected chi connectivity index (χ2v) is 4.84. The monoisotopic (exact) mass is 250 g/mol. The third kappa shape index (κ3) is 3.01. The summed E-state index contributed by atoms with van der Waals surface area (Å²) in [5, 5.41) is 3.47. The van der Waals surface area contributed by atoms with Crippen molar-refractivity contribution in [3.05, 3.63) is 6.07 Å². The fraction of sp³-hybridized carbons (Fsp3) is 0.667. The van der Waals surface area contributed by atoms with Crippen molar-refractivity contribution in [1.82, 2.24) is 9.97 Å². The number of hydrogen-bond donors (Lipinski definition) is 4. The minimum Gasteiger partial charge on any atom is -0.368 e. The summed E-state index contributed by atoms with van der Waals surface area (Å²) in [7, 11) is 0. The van der Waals surface area contributed by atoms with Crippen molar-refractivity contribution in [1.29, 1.82) is 0 Å². The van der Waals surface area contributed by atoms with Gasteiger partial charge in [-0.25, -0.2) is 5.84 Å². The molecule has 6 N–H and O–H groups in total. The SMILES string of the molecule is CCC1CCCCC1Nc1cc(NN)nc(N)n1. The Morgan fingerprint density at radius 3 is 2.72 bits per heavy atom. The van der Waals surface area contributed by atoms with Crippen LogP contribution in [0.25, 0.3) is 0 Å². The number of nitrogen functional groups attached to an aromatic ring is 2. The molecule has 0 bridgehead atoms. The Morgan fingerprint density at radius 1 is 1.28 bits per heavy atom. The van der Waals surface area contributed by atoms with Crippen molar-refractivity contribution >= 4 is 17.6 Å². The van der Waals surface area contributed by atoms with E-state index in [1.807, 2.05) is 0 Å². The van der Waals surface area contributed by atoms with E-state index in [-0.39, 0.29) is 5.95 Å². The Balaban J connectivity index is 2.09. The molecule has 0 aliphatic heterocycles. The van der Waals surface area contributed by atoms with Gasteiger partial charge in [0.05, 0.1) is 0 Å². The maximum Gasteiger partial charge on any atom is 0.223 e. The van der Waals surface area contributed by atoms with E-state index < -0.39 is 0 Å². The van der Waals surface area contributed by atoms with Crippen molar-refractivity contribution in [2.45, 2.75) is 45.1 Å². The van der Waals surface area contributed by atoms with Crippen LogP contribution in [-0.2, 0) is 0 Å². The third-order valence-corrected chi connectivity index (χ3v) is 3.66. The van der Waals surface area contributed by atoms with E-state index >= 15 is 0 Å². The first kappa shape index (κ1) is 12.9. The zero-order chi connectivity index (χ0) is 13.0. The molecule has 1 saturated carbocycles. The largest absolute Gasteiger partial charge is 0.368 e. The molecule has 1 fully saturated rings. The highest BCUT2D eigenvalue weighted by molar-refractivity contribution is 5.50. The first-order valence-corrected chi connectivity index (χ1v) is 6.60. The molecule has 2 atom stereocenters. The van der Waals surface area contributed by atoms with Gasteiger partial charge in [0.1, 0.15) is 11.6 Å². The summed E-state index contributed by atoms with van der Waals surface area (Å²) in [6.45, 7) is 2.24. The topological polar surface area (TPSA) is 102 Å². The summed E-state index contributed by atoms with van der Waals surface area (Å²) in [5.41, 5.74) is 8.15. The molecule has 6 nitrogen and oxygen atoms in total. The fourth-order valence-electron chi connectivity index (χ4n) is 2.69. The smallest absolute Gasteiger partial charge is 0.223 e. The van der Waals surface area contributed by atoms with Gasteiger partial charge in [-0.15, -0.1) is 0 Å². The number of aromatic nitrogens is 2. The van der Waals surface area contributed by atoms with Gasteiger partial charge >= 0.3 is 0 Å². The molecule has 1 aliphatic rings. The van der Waals surface area contributed by atoms with Gasteiger partial charge in [0.25, 0.3) is 0 Å². The van der Waals surface area contributed by atoms with Crippen LogP contribution in [0.15, 0.2) is 6.07 Å². The molecule has 0 spiro atoms. The highest BCUT2D eigenvalue weighted by Crippen LogP contribution is 2.29. The number of nitrogens with one attached hydrogen (secondary N) is 2. The average Bonchev–Trinajstić information content (AvgIpc) is 2.38. The molecule has 0 amide bonds. The predicted molar refractivity (Wildman–Crippen MR) is 73.9 cm³/mol. The van der Waals surface area contributed by atoms with E-state index in [1.165, 1.54) is 32.1 Å². The quantitative estimate of drug-likeness (QED) is 0.479. The number of anilines is 3. The van der Waals surface area contributed by atoms with Crippen molar-refractivity contribution in [2.24, 2.45) is 11.8 Å². The number of nitrogens with two attached hydrogens (primary N) is 2. The van der Waals surface area contributed by atoms with Gasteiger partial charge < -0.3 is 16.5 Å². The van der Waals surface area contributed by atoms with Crippen LogP contribution < -0.4 is 22.3 Å². The minimum atomic E-state index is 0.233. The number of hydrazine groups is 1.